The second-order valence-corrected chi connectivity index (χ2v) is 5.56. The predicted molar refractivity (Wildman–Crippen MR) is 90.7 cm³/mol. The molecule has 0 bridgehead atoms. The Morgan fingerprint density at radius 1 is 1.04 bits per heavy atom. The Labute approximate surface area is 146 Å². The monoisotopic (exact) mass is 367 g/mol. The van der Waals surface area contributed by atoms with Crippen LogP contribution in [0.4, 0.5) is 17.1 Å². The molecule has 132 valence electrons. The lowest BCUT2D eigenvalue weighted by Crippen LogP contribution is -2.31. The third-order valence-electron chi connectivity index (χ3n) is 3.53. The molecule has 2 rings (SSSR count). The van der Waals surface area contributed by atoms with Gasteiger partial charge in [0.15, 0.2) is 0 Å². The van der Waals surface area contributed by atoms with Crippen LogP contribution < -0.4 is 5.32 Å². The molecule has 3 N–H and O–H groups in total. The van der Waals surface area contributed by atoms with Gasteiger partial charge in [0.2, 0.25) is 0 Å². The van der Waals surface area contributed by atoms with Crippen molar-refractivity contribution in [3.05, 3.63) is 73.3 Å². The average molecular weight is 368 g/mol. The number of nitro groups is 2. The molecule has 25 heavy (non-hydrogen) atoms. The number of nitrogens with one attached hydrogen (secondary N) is 1. The summed E-state index contributed by atoms with van der Waals surface area (Å²) in [4.78, 5) is 20.2. The molecular weight excluding hydrogens is 354 g/mol. The molecule has 0 heterocycles. The van der Waals surface area contributed by atoms with E-state index < -0.39 is 28.6 Å². The molecule has 0 aliphatic heterocycles. The molecule has 0 fully saturated rings. The summed E-state index contributed by atoms with van der Waals surface area (Å²) in [7, 11) is 0. The van der Waals surface area contributed by atoms with Crippen molar-refractivity contribution < 1.29 is 20.1 Å². The maximum absolute atomic E-state index is 10.7. The summed E-state index contributed by atoms with van der Waals surface area (Å²) in [6.45, 7) is -0.467. The number of nitro benzene ring substituents is 2. The summed E-state index contributed by atoms with van der Waals surface area (Å²) < 4.78 is 0. The molecule has 0 radical (unpaired) electrons. The van der Waals surface area contributed by atoms with Gasteiger partial charge >= 0.3 is 0 Å². The molecular formula is C15H14ClN3O6. The zero-order valence-electron chi connectivity index (χ0n) is 12.7. The maximum atomic E-state index is 10.7. The van der Waals surface area contributed by atoms with Crippen molar-refractivity contribution in [2.75, 3.05) is 11.9 Å². The van der Waals surface area contributed by atoms with Crippen LogP contribution in [0.3, 0.4) is 0 Å². The third kappa shape index (κ3) is 4.41. The van der Waals surface area contributed by atoms with Gasteiger partial charge in [0.1, 0.15) is 6.10 Å². The molecule has 0 aliphatic carbocycles. The Kier molecular flexibility index (Phi) is 5.86. The number of anilines is 1. The van der Waals surface area contributed by atoms with Crippen LogP contribution in [0.15, 0.2) is 42.5 Å². The first kappa shape index (κ1) is 18.6. The van der Waals surface area contributed by atoms with E-state index in [1.165, 1.54) is 36.4 Å². The van der Waals surface area contributed by atoms with Crippen molar-refractivity contribution in [3.63, 3.8) is 0 Å². The van der Waals surface area contributed by atoms with E-state index in [0.29, 0.717) is 11.3 Å². The molecule has 0 saturated heterocycles. The Hall–Kier alpha value is -2.75. The Balaban J connectivity index is 2.18. The summed E-state index contributed by atoms with van der Waals surface area (Å²) in [5.74, 6) is 0. The fourth-order valence-electron chi connectivity index (χ4n) is 2.18. The number of rotatable bonds is 7. The molecule has 2 aromatic carbocycles. The van der Waals surface area contributed by atoms with Crippen molar-refractivity contribution in [1.82, 2.24) is 0 Å². The lowest BCUT2D eigenvalue weighted by Gasteiger charge is -2.24. The molecule has 9 nitrogen and oxygen atoms in total. The van der Waals surface area contributed by atoms with E-state index in [1.807, 2.05) is 0 Å². The maximum Gasteiger partial charge on any atom is 0.271 e. The van der Waals surface area contributed by atoms with E-state index in [-0.39, 0.29) is 16.4 Å². The highest BCUT2D eigenvalue weighted by Crippen LogP contribution is 2.29. The van der Waals surface area contributed by atoms with Crippen LogP contribution in [0, 0.1) is 20.2 Å². The number of aliphatic hydroxyl groups is 2. The van der Waals surface area contributed by atoms with Crippen LogP contribution >= 0.6 is 11.6 Å². The Bertz CT molecular complexity index is 783. The van der Waals surface area contributed by atoms with Gasteiger partial charge in [-0.25, -0.2) is 0 Å². The van der Waals surface area contributed by atoms with Crippen LogP contribution in [0.25, 0.3) is 0 Å². The zero-order valence-corrected chi connectivity index (χ0v) is 13.5. The SMILES string of the molecule is O=[N+]([O-])c1ccc(C(O)C(CO)Nc2ccc([N+](=O)[O-])cc2Cl)cc1. The molecule has 2 aromatic rings. The van der Waals surface area contributed by atoms with Gasteiger partial charge in [-0.2, -0.15) is 0 Å². The second kappa shape index (κ2) is 7.88. The predicted octanol–water partition coefficient (Wildman–Crippen LogP) is 2.66. The zero-order chi connectivity index (χ0) is 18.6. The van der Waals surface area contributed by atoms with Crippen LogP contribution in [0.1, 0.15) is 11.7 Å². The van der Waals surface area contributed by atoms with Gasteiger partial charge in [0, 0.05) is 24.3 Å². The summed E-state index contributed by atoms with van der Waals surface area (Å²) in [6, 6.07) is 8.12. The highest BCUT2D eigenvalue weighted by atomic mass is 35.5. The molecule has 0 saturated carbocycles. The van der Waals surface area contributed by atoms with Crippen molar-refractivity contribution in [2.24, 2.45) is 0 Å². The average Bonchev–Trinajstić information content (AvgIpc) is 2.60. The van der Waals surface area contributed by atoms with Gasteiger partial charge in [-0.1, -0.05) is 11.6 Å². The smallest absolute Gasteiger partial charge is 0.271 e. The van der Waals surface area contributed by atoms with E-state index >= 15 is 0 Å². The number of aliphatic hydroxyl groups excluding tert-OH is 2. The summed E-state index contributed by atoms with van der Waals surface area (Å²) >= 11 is 5.98. The molecule has 2 atom stereocenters. The normalized spacial score (nSPS) is 13.1. The topological polar surface area (TPSA) is 139 Å². The van der Waals surface area contributed by atoms with Crippen molar-refractivity contribution in [1.29, 1.82) is 0 Å². The van der Waals surface area contributed by atoms with Gasteiger partial charge in [-0.05, 0) is 23.8 Å². The fraction of sp³-hybridized carbons (Fsp3) is 0.200. The number of nitrogens with zero attached hydrogens (tertiary/aromatic N) is 2. The third-order valence-corrected chi connectivity index (χ3v) is 3.84. The highest BCUT2D eigenvalue weighted by Gasteiger charge is 2.22. The largest absolute Gasteiger partial charge is 0.394 e. The molecule has 10 heteroatoms. The Morgan fingerprint density at radius 2 is 1.60 bits per heavy atom. The van der Waals surface area contributed by atoms with Crippen molar-refractivity contribution in [3.8, 4) is 0 Å². The van der Waals surface area contributed by atoms with Crippen molar-refractivity contribution in [2.45, 2.75) is 12.1 Å². The minimum Gasteiger partial charge on any atom is -0.394 e. The van der Waals surface area contributed by atoms with Crippen LogP contribution in [0.2, 0.25) is 5.02 Å². The molecule has 0 spiro atoms. The standard InChI is InChI=1S/C15H14ClN3O6/c16-12-7-11(19(24)25)5-6-13(12)17-14(8-20)15(21)9-1-3-10(4-2-9)18(22)23/h1-7,14-15,17,20-21H,8H2. The molecule has 0 amide bonds. The van der Waals surface area contributed by atoms with E-state index in [2.05, 4.69) is 5.32 Å². The van der Waals surface area contributed by atoms with Gasteiger partial charge in [0.05, 0.1) is 33.2 Å². The number of benzene rings is 2. The number of non-ortho nitro benzene ring substituents is 2. The summed E-state index contributed by atoms with van der Waals surface area (Å²) in [5.41, 5.74) is 0.345. The lowest BCUT2D eigenvalue weighted by molar-refractivity contribution is -0.385. The highest BCUT2D eigenvalue weighted by molar-refractivity contribution is 6.33. The second-order valence-electron chi connectivity index (χ2n) is 5.15. The first-order valence-corrected chi connectivity index (χ1v) is 7.45. The molecule has 2 unspecified atom stereocenters. The van der Waals surface area contributed by atoms with Gasteiger partial charge in [-0.15, -0.1) is 0 Å². The number of hydrogen-bond acceptors (Lipinski definition) is 7. The number of halogens is 1. The summed E-state index contributed by atoms with van der Waals surface area (Å²) in [6.07, 6.45) is -1.18. The minimum atomic E-state index is -1.18. The first-order valence-electron chi connectivity index (χ1n) is 7.07. The van der Waals surface area contributed by atoms with Crippen LogP contribution in [-0.2, 0) is 0 Å². The van der Waals surface area contributed by atoms with Gasteiger partial charge in [0.25, 0.3) is 11.4 Å². The van der Waals surface area contributed by atoms with Gasteiger partial charge < -0.3 is 15.5 Å². The Morgan fingerprint density at radius 3 is 2.08 bits per heavy atom. The van der Waals surface area contributed by atoms with Gasteiger partial charge in [-0.3, -0.25) is 20.2 Å². The van der Waals surface area contributed by atoms with E-state index in [4.69, 9.17) is 11.6 Å². The summed E-state index contributed by atoms with van der Waals surface area (Å²) in [5, 5.41) is 44.1. The van der Waals surface area contributed by atoms with Crippen LogP contribution in [0.5, 0.6) is 0 Å². The molecule has 0 aliphatic rings. The van der Waals surface area contributed by atoms with Crippen LogP contribution in [-0.4, -0.2) is 32.7 Å². The lowest BCUT2D eigenvalue weighted by atomic mass is 10.0. The van der Waals surface area contributed by atoms with E-state index in [0.717, 1.165) is 6.07 Å². The van der Waals surface area contributed by atoms with E-state index in [1.54, 1.807) is 0 Å². The molecule has 0 aromatic heterocycles. The number of hydrogen-bond donors (Lipinski definition) is 3. The van der Waals surface area contributed by atoms with E-state index in [9.17, 15) is 30.4 Å². The fourth-order valence-corrected chi connectivity index (χ4v) is 2.41. The quantitative estimate of drug-likeness (QED) is 0.505. The van der Waals surface area contributed by atoms with Crippen molar-refractivity contribution >= 4 is 28.7 Å². The minimum absolute atomic E-state index is 0.0588. The first-order chi connectivity index (χ1) is 11.8.